The number of hydrogen-bond acceptors (Lipinski definition) is 4. The molecular weight excluding hydrogens is 190 g/mol. The third kappa shape index (κ3) is 2.39. The minimum absolute atomic E-state index is 0.540. The molecule has 1 aliphatic heterocycles. The molecule has 0 amide bonds. The van der Waals surface area contributed by atoms with Gasteiger partial charge in [-0.1, -0.05) is 0 Å². The lowest BCUT2D eigenvalue weighted by Gasteiger charge is -2.33. The second-order valence-corrected chi connectivity index (χ2v) is 3.86. The average molecular weight is 207 g/mol. The van der Waals surface area contributed by atoms with Gasteiger partial charge in [0.1, 0.15) is 0 Å². The first-order valence-electron chi connectivity index (χ1n) is 5.28. The molecule has 1 aliphatic rings. The Balaban J connectivity index is 2.13. The Kier molecular flexibility index (Phi) is 3.06. The molecule has 0 radical (unpaired) electrons. The van der Waals surface area contributed by atoms with E-state index in [4.69, 9.17) is 4.74 Å². The smallest absolute Gasteiger partial charge is 0.214 e. The summed E-state index contributed by atoms with van der Waals surface area (Å²) in [4.78, 5) is 6.46. The zero-order chi connectivity index (χ0) is 10.7. The van der Waals surface area contributed by atoms with Crippen LogP contribution in [0.5, 0.6) is 5.88 Å². The van der Waals surface area contributed by atoms with E-state index in [1.807, 2.05) is 12.1 Å². The van der Waals surface area contributed by atoms with Gasteiger partial charge in [0.05, 0.1) is 7.11 Å². The van der Waals surface area contributed by atoms with Crippen molar-refractivity contribution in [3.05, 3.63) is 18.3 Å². The number of ether oxygens (including phenoxy) is 1. The van der Waals surface area contributed by atoms with Crippen LogP contribution in [-0.4, -0.2) is 37.8 Å². The van der Waals surface area contributed by atoms with Crippen molar-refractivity contribution >= 4 is 5.69 Å². The molecule has 4 nitrogen and oxygen atoms in total. The summed E-state index contributed by atoms with van der Waals surface area (Å²) >= 11 is 0. The SMILES string of the molecule is COc1cc(N2CCN[C@@H](C)C2)ccn1. The quantitative estimate of drug-likeness (QED) is 0.781. The molecule has 1 aromatic heterocycles. The first kappa shape index (κ1) is 10.2. The summed E-state index contributed by atoms with van der Waals surface area (Å²) < 4.78 is 5.12. The first-order valence-corrected chi connectivity index (χ1v) is 5.28. The predicted octanol–water partition coefficient (Wildman–Crippen LogP) is 0.888. The largest absolute Gasteiger partial charge is 0.481 e. The summed E-state index contributed by atoms with van der Waals surface area (Å²) in [5.41, 5.74) is 1.19. The van der Waals surface area contributed by atoms with Crippen LogP contribution in [0.25, 0.3) is 0 Å². The van der Waals surface area contributed by atoms with Gasteiger partial charge in [-0.2, -0.15) is 0 Å². The van der Waals surface area contributed by atoms with Gasteiger partial charge in [-0.05, 0) is 13.0 Å². The number of rotatable bonds is 2. The highest BCUT2D eigenvalue weighted by Crippen LogP contribution is 2.19. The van der Waals surface area contributed by atoms with Gasteiger partial charge in [-0.25, -0.2) is 4.98 Å². The molecule has 15 heavy (non-hydrogen) atoms. The van der Waals surface area contributed by atoms with Crippen LogP contribution >= 0.6 is 0 Å². The molecule has 2 rings (SSSR count). The second kappa shape index (κ2) is 4.49. The summed E-state index contributed by atoms with van der Waals surface area (Å²) in [7, 11) is 1.65. The van der Waals surface area contributed by atoms with Crippen molar-refractivity contribution in [3.8, 4) is 5.88 Å². The molecule has 0 aliphatic carbocycles. The predicted molar refractivity (Wildman–Crippen MR) is 60.5 cm³/mol. The van der Waals surface area contributed by atoms with Gasteiger partial charge >= 0.3 is 0 Å². The summed E-state index contributed by atoms with van der Waals surface area (Å²) in [6.07, 6.45) is 1.79. The van der Waals surface area contributed by atoms with Crippen LogP contribution < -0.4 is 15.0 Å². The average Bonchev–Trinajstić information content (AvgIpc) is 2.29. The van der Waals surface area contributed by atoms with Gasteiger partial charge < -0.3 is 15.0 Å². The number of piperazine rings is 1. The maximum atomic E-state index is 5.12. The minimum atomic E-state index is 0.540. The minimum Gasteiger partial charge on any atom is -0.481 e. The van der Waals surface area contributed by atoms with Gasteiger partial charge in [0, 0.05) is 43.6 Å². The summed E-state index contributed by atoms with van der Waals surface area (Å²) in [6, 6.07) is 4.55. The Labute approximate surface area is 90.3 Å². The van der Waals surface area contributed by atoms with Crippen LogP contribution in [0, 0.1) is 0 Å². The topological polar surface area (TPSA) is 37.4 Å². The van der Waals surface area contributed by atoms with E-state index >= 15 is 0 Å². The molecule has 0 spiro atoms. The van der Waals surface area contributed by atoms with Crippen LogP contribution in [0.4, 0.5) is 5.69 Å². The standard InChI is InChI=1S/C11H17N3O/c1-9-8-14(6-5-12-9)10-3-4-13-11(7-10)15-2/h3-4,7,9,12H,5-6,8H2,1-2H3/t9-/m0/s1. The molecule has 82 valence electrons. The van der Waals surface area contributed by atoms with Crippen LogP contribution in [0.3, 0.4) is 0 Å². The van der Waals surface area contributed by atoms with Crippen LogP contribution in [0.15, 0.2) is 18.3 Å². The molecule has 4 heteroatoms. The highest BCUT2D eigenvalue weighted by atomic mass is 16.5. The zero-order valence-corrected chi connectivity index (χ0v) is 9.23. The van der Waals surface area contributed by atoms with E-state index in [0.717, 1.165) is 19.6 Å². The van der Waals surface area contributed by atoms with Crippen LogP contribution in [-0.2, 0) is 0 Å². The van der Waals surface area contributed by atoms with Crippen molar-refractivity contribution in [1.82, 2.24) is 10.3 Å². The fourth-order valence-electron chi connectivity index (χ4n) is 1.87. The highest BCUT2D eigenvalue weighted by molar-refractivity contribution is 5.48. The van der Waals surface area contributed by atoms with Crippen molar-refractivity contribution < 1.29 is 4.74 Å². The fraction of sp³-hybridized carbons (Fsp3) is 0.545. The Morgan fingerprint density at radius 1 is 1.60 bits per heavy atom. The third-order valence-electron chi connectivity index (χ3n) is 2.66. The molecular formula is C11H17N3O. The molecule has 1 fully saturated rings. The van der Waals surface area contributed by atoms with Crippen molar-refractivity contribution in [1.29, 1.82) is 0 Å². The fourth-order valence-corrected chi connectivity index (χ4v) is 1.87. The molecule has 0 bridgehead atoms. The maximum absolute atomic E-state index is 5.12. The molecule has 1 aromatic rings. The Bertz CT molecular complexity index is 329. The van der Waals surface area contributed by atoms with Gasteiger partial charge in [0.15, 0.2) is 0 Å². The number of nitrogens with one attached hydrogen (secondary N) is 1. The number of pyridine rings is 1. The van der Waals surface area contributed by atoms with Crippen LogP contribution in [0.2, 0.25) is 0 Å². The number of nitrogens with zero attached hydrogens (tertiary/aromatic N) is 2. The summed E-state index contributed by atoms with van der Waals surface area (Å²) in [5, 5.41) is 3.42. The molecule has 1 saturated heterocycles. The van der Waals surface area contributed by atoms with Crippen molar-refractivity contribution in [2.24, 2.45) is 0 Å². The van der Waals surface area contributed by atoms with E-state index in [2.05, 4.69) is 22.1 Å². The molecule has 2 heterocycles. The van der Waals surface area contributed by atoms with E-state index < -0.39 is 0 Å². The van der Waals surface area contributed by atoms with Crippen molar-refractivity contribution in [3.63, 3.8) is 0 Å². The lowest BCUT2D eigenvalue weighted by Crippen LogP contribution is -2.49. The number of methoxy groups -OCH3 is 1. The molecule has 0 saturated carbocycles. The lowest BCUT2D eigenvalue weighted by molar-refractivity contribution is 0.397. The monoisotopic (exact) mass is 207 g/mol. The van der Waals surface area contributed by atoms with E-state index in [0.29, 0.717) is 11.9 Å². The lowest BCUT2D eigenvalue weighted by atomic mass is 10.2. The van der Waals surface area contributed by atoms with Crippen molar-refractivity contribution in [2.75, 3.05) is 31.6 Å². The second-order valence-electron chi connectivity index (χ2n) is 3.86. The van der Waals surface area contributed by atoms with Crippen LogP contribution in [0.1, 0.15) is 6.92 Å². The number of anilines is 1. The van der Waals surface area contributed by atoms with Gasteiger partial charge in [-0.15, -0.1) is 0 Å². The molecule has 0 aromatic carbocycles. The normalized spacial score (nSPS) is 21.5. The van der Waals surface area contributed by atoms with Gasteiger partial charge in [0.25, 0.3) is 0 Å². The molecule has 1 atom stereocenters. The highest BCUT2D eigenvalue weighted by Gasteiger charge is 2.16. The Hall–Kier alpha value is -1.29. The van der Waals surface area contributed by atoms with Gasteiger partial charge in [-0.3, -0.25) is 0 Å². The Morgan fingerprint density at radius 3 is 3.20 bits per heavy atom. The van der Waals surface area contributed by atoms with Crippen molar-refractivity contribution in [2.45, 2.75) is 13.0 Å². The van der Waals surface area contributed by atoms with E-state index in [1.54, 1.807) is 13.3 Å². The maximum Gasteiger partial charge on any atom is 0.214 e. The summed E-state index contributed by atoms with van der Waals surface area (Å²) in [6.45, 7) is 5.31. The zero-order valence-electron chi connectivity index (χ0n) is 9.23. The van der Waals surface area contributed by atoms with E-state index in [9.17, 15) is 0 Å². The van der Waals surface area contributed by atoms with E-state index in [1.165, 1.54) is 5.69 Å². The Morgan fingerprint density at radius 2 is 2.47 bits per heavy atom. The first-order chi connectivity index (χ1) is 7.29. The summed E-state index contributed by atoms with van der Waals surface area (Å²) in [5.74, 6) is 0.679. The number of aromatic nitrogens is 1. The third-order valence-corrected chi connectivity index (χ3v) is 2.66. The van der Waals surface area contributed by atoms with Gasteiger partial charge in [0.2, 0.25) is 5.88 Å². The molecule has 1 N–H and O–H groups in total. The van der Waals surface area contributed by atoms with E-state index in [-0.39, 0.29) is 0 Å². The number of hydrogen-bond donors (Lipinski definition) is 1. The molecule has 0 unspecified atom stereocenters.